The summed E-state index contributed by atoms with van der Waals surface area (Å²) >= 11 is 1.48. The lowest BCUT2D eigenvalue weighted by Crippen LogP contribution is -2.35. The molecule has 1 atom stereocenters. The van der Waals surface area contributed by atoms with Crippen LogP contribution in [0.5, 0.6) is 0 Å². The number of benzene rings is 1. The highest BCUT2D eigenvalue weighted by atomic mass is 32.1. The van der Waals surface area contributed by atoms with E-state index in [4.69, 9.17) is 0 Å². The average Bonchev–Trinajstić information content (AvgIpc) is 2.98. The second kappa shape index (κ2) is 7.11. The SMILES string of the molecule is Cc1ccc(C(CN(C)C)NC(=O)c2cc3ncccc3s2)cc1. The monoisotopic (exact) mass is 339 g/mol. The van der Waals surface area contributed by atoms with Gasteiger partial charge in [0.15, 0.2) is 0 Å². The number of likely N-dealkylation sites (N-methyl/N-ethyl adjacent to an activating group) is 1. The van der Waals surface area contributed by atoms with Crippen molar-refractivity contribution in [3.63, 3.8) is 0 Å². The van der Waals surface area contributed by atoms with Gasteiger partial charge in [-0.25, -0.2) is 0 Å². The summed E-state index contributed by atoms with van der Waals surface area (Å²) in [6.07, 6.45) is 1.75. The lowest BCUT2D eigenvalue weighted by Gasteiger charge is -2.22. The van der Waals surface area contributed by atoms with Crippen molar-refractivity contribution in [1.29, 1.82) is 0 Å². The van der Waals surface area contributed by atoms with Crippen LogP contribution < -0.4 is 5.32 Å². The third-order valence-corrected chi connectivity index (χ3v) is 4.93. The molecule has 1 unspecified atom stereocenters. The minimum absolute atomic E-state index is 0.0497. The Morgan fingerprint density at radius 1 is 1.25 bits per heavy atom. The van der Waals surface area contributed by atoms with Crippen LogP contribution in [0, 0.1) is 6.92 Å². The van der Waals surface area contributed by atoms with Gasteiger partial charge in [0, 0.05) is 12.7 Å². The summed E-state index contributed by atoms with van der Waals surface area (Å²) in [5.74, 6) is -0.0505. The first kappa shape index (κ1) is 16.6. The Labute approximate surface area is 146 Å². The zero-order valence-electron chi connectivity index (χ0n) is 14.1. The molecule has 0 saturated carbocycles. The molecule has 24 heavy (non-hydrogen) atoms. The molecule has 0 bridgehead atoms. The lowest BCUT2D eigenvalue weighted by atomic mass is 10.0. The van der Waals surface area contributed by atoms with Gasteiger partial charge in [-0.2, -0.15) is 0 Å². The van der Waals surface area contributed by atoms with Gasteiger partial charge in [-0.05, 0) is 44.8 Å². The first-order valence-corrected chi connectivity index (χ1v) is 8.71. The summed E-state index contributed by atoms with van der Waals surface area (Å²) in [7, 11) is 4.02. The van der Waals surface area contributed by atoms with Crippen LogP contribution in [0.4, 0.5) is 0 Å². The first-order chi connectivity index (χ1) is 11.5. The van der Waals surface area contributed by atoms with Gasteiger partial charge in [0.25, 0.3) is 5.91 Å². The molecule has 1 N–H and O–H groups in total. The van der Waals surface area contributed by atoms with Crippen LogP contribution in [-0.4, -0.2) is 36.4 Å². The maximum Gasteiger partial charge on any atom is 0.261 e. The van der Waals surface area contributed by atoms with Crippen molar-refractivity contribution in [3.05, 3.63) is 64.7 Å². The molecule has 2 aromatic heterocycles. The second-order valence-corrected chi connectivity index (χ2v) is 7.28. The largest absolute Gasteiger partial charge is 0.343 e. The minimum Gasteiger partial charge on any atom is -0.343 e. The van der Waals surface area contributed by atoms with Crippen molar-refractivity contribution in [1.82, 2.24) is 15.2 Å². The van der Waals surface area contributed by atoms with Gasteiger partial charge in [-0.15, -0.1) is 11.3 Å². The highest BCUT2D eigenvalue weighted by molar-refractivity contribution is 7.20. The van der Waals surface area contributed by atoms with E-state index in [0.29, 0.717) is 4.88 Å². The molecule has 0 aliphatic carbocycles. The Balaban J connectivity index is 1.83. The molecule has 0 spiro atoms. The highest BCUT2D eigenvalue weighted by Crippen LogP contribution is 2.24. The van der Waals surface area contributed by atoms with Crippen molar-refractivity contribution in [2.45, 2.75) is 13.0 Å². The molecule has 5 heteroatoms. The summed E-state index contributed by atoms with van der Waals surface area (Å²) in [5, 5.41) is 3.16. The fourth-order valence-corrected chi connectivity index (χ4v) is 3.53. The predicted molar refractivity (Wildman–Crippen MR) is 99.6 cm³/mol. The molecule has 3 aromatic rings. The van der Waals surface area contributed by atoms with E-state index < -0.39 is 0 Å². The van der Waals surface area contributed by atoms with Gasteiger partial charge >= 0.3 is 0 Å². The Kier molecular flexibility index (Phi) is 4.92. The number of carbonyl (C=O) groups excluding carboxylic acids is 1. The van der Waals surface area contributed by atoms with Crippen molar-refractivity contribution in [2.24, 2.45) is 0 Å². The average molecular weight is 339 g/mol. The van der Waals surface area contributed by atoms with E-state index in [-0.39, 0.29) is 11.9 Å². The number of fused-ring (bicyclic) bond motifs is 1. The zero-order chi connectivity index (χ0) is 17.1. The smallest absolute Gasteiger partial charge is 0.261 e. The normalized spacial score (nSPS) is 12.5. The van der Waals surface area contributed by atoms with Crippen LogP contribution in [0.2, 0.25) is 0 Å². The summed E-state index contributed by atoms with van der Waals surface area (Å²) in [4.78, 5) is 19.8. The highest BCUT2D eigenvalue weighted by Gasteiger charge is 2.18. The van der Waals surface area contributed by atoms with Crippen LogP contribution in [-0.2, 0) is 0 Å². The number of thiophene rings is 1. The van der Waals surface area contributed by atoms with Crippen molar-refractivity contribution in [3.8, 4) is 0 Å². The molecule has 1 amide bonds. The van der Waals surface area contributed by atoms with Gasteiger partial charge in [0.1, 0.15) is 0 Å². The van der Waals surface area contributed by atoms with Gasteiger partial charge in [0.05, 0.1) is 21.1 Å². The third-order valence-electron chi connectivity index (χ3n) is 3.84. The number of nitrogens with zero attached hydrogens (tertiary/aromatic N) is 2. The Morgan fingerprint density at radius 2 is 2.00 bits per heavy atom. The van der Waals surface area contributed by atoms with E-state index >= 15 is 0 Å². The van der Waals surface area contributed by atoms with Crippen LogP contribution >= 0.6 is 11.3 Å². The van der Waals surface area contributed by atoms with E-state index in [1.807, 2.05) is 32.3 Å². The molecular weight excluding hydrogens is 318 g/mol. The number of carbonyl (C=O) groups is 1. The number of aromatic nitrogens is 1. The van der Waals surface area contributed by atoms with Crippen molar-refractivity contribution < 1.29 is 4.79 Å². The number of pyridine rings is 1. The van der Waals surface area contributed by atoms with Gasteiger partial charge in [-0.1, -0.05) is 29.8 Å². The summed E-state index contributed by atoms with van der Waals surface area (Å²) in [5.41, 5.74) is 3.19. The van der Waals surface area contributed by atoms with Crippen LogP contribution in [0.15, 0.2) is 48.7 Å². The lowest BCUT2D eigenvalue weighted by molar-refractivity contribution is 0.0934. The number of rotatable bonds is 5. The summed E-state index contributed by atoms with van der Waals surface area (Å²) in [6.45, 7) is 2.81. The molecule has 0 fully saturated rings. The molecule has 3 rings (SSSR count). The molecule has 0 aliphatic heterocycles. The fourth-order valence-electron chi connectivity index (χ4n) is 2.61. The molecule has 2 heterocycles. The molecular formula is C19H21N3OS. The minimum atomic E-state index is -0.0505. The maximum atomic E-state index is 12.7. The van der Waals surface area contributed by atoms with Gasteiger partial charge in [-0.3, -0.25) is 9.78 Å². The third kappa shape index (κ3) is 3.80. The number of nitrogens with one attached hydrogen (secondary N) is 1. The van der Waals surface area contributed by atoms with Crippen LogP contribution in [0.3, 0.4) is 0 Å². The molecule has 4 nitrogen and oxygen atoms in total. The first-order valence-electron chi connectivity index (χ1n) is 7.89. The Morgan fingerprint density at radius 3 is 2.67 bits per heavy atom. The number of amides is 1. The van der Waals surface area contributed by atoms with Crippen LogP contribution in [0.25, 0.3) is 10.2 Å². The second-order valence-electron chi connectivity index (χ2n) is 6.20. The Hall–Kier alpha value is -2.24. The molecule has 124 valence electrons. The standard InChI is InChI=1S/C19H21N3OS/c1-13-6-8-14(9-7-13)16(12-22(2)3)21-19(23)18-11-15-17(24-18)5-4-10-20-15/h4-11,16H,12H2,1-3H3,(H,21,23). The van der Waals surface area contributed by atoms with Crippen LogP contribution in [0.1, 0.15) is 26.8 Å². The number of hydrogen-bond acceptors (Lipinski definition) is 4. The van der Waals surface area contributed by atoms with E-state index in [9.17, 15) is 4.79 Å². The van der Waals surface area contributed by atoms with Gasteiger partial charge < -0.3 is 10.2 Å². The number of hydrogen-bond donors (Lipinski definition) is 1. The maximum absolute atomic E-state index is 12.7. The quantitative estimate of drug-likeness (QED) is 0.772. The van der Waals surface area contributed by atoms with E-state index in [0.717, 1.165) is 22.3 Å². The summed E-state index contributed by atoms with van der Waals surface area (Å²) in [6, 6.07) is 14.0. The molecule has 0 saturated heterocycles. The molecule has 0 aliphatic rings. The van der Waals surface area contributed by atoms with E-state index in [1.54, 1.807) is 6.20 Å². The number of aryl methyl sites for hydroxylation is 1. The fraction of sp³-hybridized carbons (Fsp3) is 0.263. The Bertz CT molecular complexity index is 806. The van der Waals surface area contributed by atoms with Gasteiger partial charge in [0.2, 0.25) is 0 Å². The zero-order valence-corrected chi connectivity index (χ0v) is 14.9. The molecule has 1 aromatic carbocycles. The topological polar surface area (TPSA) is 45.2 Å². The predicted octanol–water partition coefficient (Wildman–Crippen LogP) is 3.64. The van der Waals surface area contributed by atoms with Crippen molar-refractivity contribution >= 4 is 27.5 Å². The molecule has 0 radical (unpaired) electrons. The van der Waals surface area contributed by atoms with E-state index in [1.165, 1.54) is 16.9 Å². The van der Waals surface area contributed by atoms with E-state index in [2.05, 4.69) is 46.4 Å². The van der Waals surface area contributed by atoms with Crippen molar-refractivity contribution in [2.75, 3.05) is 20.6 Å². The summed E-state index contributed by atoms with van der Waals surface area (Å²) < 4.78 is 1.03.